The Bertz CT molecular complexity index is 748. The van der Waals surface area contributed by atoms with E-state index in [4.69, 9.17) is 23.2 Å². The molecule has 0 spiro atoms. The number of carbonyl (C=O) groups excluding carboxylic acids is 2. The van der Waals surface area contributed by atoms with Crippen LogP contribution >= 0.6 is 23.2 Å². The topological polar surface area (TPSA) is 49.4 Å². The lowest BCUT2D eigenvalue weighted by Crippen LogP contribution is -2.38. The van der Waals surface area contributed by atoms with Crippen LogP contribution in [0.15, 0.2) is 42.5 Å². The number of rotatable bonds is 5. The summed E-state index contributed by atoms with van der Waals surface area (Å²) in [6.45, 7) is -0.223. The highest BCUT2D eigenvalue weighted by atomic mass is 35.5. The molecule has 0 radical (unpaired) electrons. The van der Waals surface area contributed by atoms with Gasteiger partial charge in [0, 0.05) is 24.2 Å². The lowest BCUT2D eigenvalue weighted by molar-refractivity contribution is -0.129. The number of nitrogens with zero attached hydrogens (tertiary/aromatic N) is 1. The maximum Gasteiger partial charge on any atom is 0.253 e. The van der Waals surface area contributed by atoms with Crippen LogP contribution < -0.4 is 5.32 Å². The molecule has 0 unspecified atom stereocenters. The van der Waals surface area contributed by atoms with E-state index in [1.54, 1.807) is 30.3 Å². The van der Waals surface area contributed by atoms with Crippen LogP contribution in [0.3, 0.4) is 0 Å². The summed E-state index contributed by atoms with van der Waals surface area (Å²) in [6.07, 6.45) is 0. The summed E-state index contributed by atoms with van der Waals surface area (Å²) in [5.74, 6) is -1.32. The second-order valence-electron chi connectivity index (χ2n) is 5.11. The Morgan fingerprint density at radius 2 is 1.75 bits per heavy atom. The number of hydrogen-bond acceptors (Lipinski definition) is 2. The van der Waals surface area contributed by atoms with E-state index in [1.807, 2.05) is 0 Å². The van der Waals surface area contributed by atoms with Crippen molar-refractivity contribution < 1.29 is 14.0 Å². The van der Waals surface area contributed by atoms with Crippen molar-refractivity contribution >= 4 is 35.0 Å². The minimum atomic E-state index is -0.484. The molecule has 0 saturated carbocycles. The van der Waals surface area contributed by atoms with Crippen molar-refractivity contribution in [2.75, 3.05) is 13.6 Å². The summed E-state index contributed by atoms with van der Waals surface area (Å²) in [7, 11) is 1.51. The van der Waals surface area contributed by atoms with Gasteiger partial charge in [0.1, 0.15) is 5.82 Å². The van der Waals surface area contributed by atoms with Crippen LogP contribution in [0.25, 0.3) is 0 Å². The van der Waals surface area contributed by atoms with Crippen molar-refractivity contribution in [3.63, 3.8) is 0 Å². The predicted octanol–water partition coefficient (Wildman–Crippen LogP) is 3.52. The average Bonchev–Trinajstić information content (AvgIpc) is 2.56. The highest BCUT2D eigenvalue weighted by Gasteiger charge is 2.16. The number of likely N-dealkylation sites (N-methyl/N-ethyl adjacent to an activating group) is 1. The van der Waals surface area contributed by atoms with Crippen molar-refractivity contribution in [1.82, 2.24) is 10.2 Å². The molecule has 1 N–H and O–H groups in total. The Kier molecular flexibility index (Phi) is 6.17. The van der Waals surface area contributed by atoms with Crippen molar-refractivity contribution in [2.45, 2.75) is 6.54 Å². The van der Waals surface area contributed by atoms with Crippen molar-refractivity contribution in [1.29, 1.82) is 0 Å². The Balaban J connectivity index is 1.95. The van der Waals surface area contributed by atoms with Crippen LogP contribution in [0.1, 0.15) is 15.9 Å². The molecule has 4 nitrogen and oxygen atoms in total. The summed E-state index contributed by atoms with van der Waals surface area (Å²) in [4.78, 5) is 25.4. The largest absolute Gasteiger partial charge is 0.343 e. The highest BCUT2D eigenvalue weighted by molar-refractivity contribution is 6.33. The van der Waals surface area contributed by atoms with E-state index in [2.05, 4.69) is 5.32 Å². The smallest absolute Gasteiger partial charge is 0.253 e. The lowest BCUT2D eigenvalue weighted by Gasteiger charge is -2.19. The Morgan fingerprint density at radius 1 is 1.08 bits per heavy atom. The lowest BCUT2D eigenvalue weighted by atomic mass is 10.2. The minimum absolute atomic E-state index is 0.00625. The van der Waals surface area contributed by atoms with Gasteiger partial charge in [0.25, 0.3) is 5.91 Å². The first kappa shape index (κ1) is 18.2. The summed E-state index contributed by atoms with van der Waals surface area (Å²) in [5, 5.41) is 3.04. The van der Waals surface area contributed by atoms with E-state index in [-0.39, 0.29) is 35.1 Å². The molecule has 0 aliphatic heterocycles. The van der Waals surface area contributed by atoms with Gasteiger partial charge in [-0.2, -0.15) is 0 Å². The maximum atomic E-state index is 13.7. The number of halogens is 3. The minimum Gasteiger partial charge on any atom is -0.343 e. The van der Waals surface area contributed by atoms with E-state index in [0.717, 1.165) is 0 Å². The van der Waals surface area contributed by atoms with Gasteiger partial charge in [0.2, 0.25) is 5.91 Å². The summed E-state index contributed by atoms with van der Waals surface area (Å²) < 4.78 is 13.7. The number of carbonyl (C=O) groups is 2. The van der Waals surface area contributed by atoms with Crippen molar-refractivity contribution in [2.24, 2.45) is 0 Å². The molecule has 2 amide bonds. The van der Waals surface area contributed by atoms with Gasteiger partial charge in [-0.1, -0.05) is 41.4 Å². The first-order chi connectivity index (χ1) is 11.4. The van der Waals surface area contributed by atoms with Gasteiger partial charge in [0.15, 0.2) is 0 Å². The Labute approximate surface area is 149 Å². The van der Waals surface area contributed by atoms with Crippen LogP contribution in [-0.4, -0.2) is 30.3 Å². The van der Waals surface area contributed by atoms with Gasteiger partial charge in [-0.25, -0.2) is 4.39 Å². The van der Waals surface area contributed by atoms with Crippen LogP contribution in [-0.2, 0) is 11.3 Å². The predicted molar refractivity (Wildman–Crippen MR) is 91.7 cm³/mol. The molecule has 2 aromatic rings. The third kappa shape index (κ3) is 4.46. The monoisotopic (exact) mass is 368 g/mol. The number of benzene rings is 2. The standard InChI is InChI=1S/C17H15Cl2FN2O2/c1-22(10-12-14(19)7-4-8-15(12)20)16(23)9-21-17(24)11-5-2-3-6-13(11)18/h2-8H,9-10H2,1H3,(H,21,24). The Morgan fingerprint density at radius 3 is 2.42 bits per heavy atom. The van der Waals surface area contributed by atoms with Crippen LogP contribution in [0, 0.1) is 5.82 Å². The number of amides is 2. The zero-order valence-corrected chi connectivity index (χ0v) is 14.4. The zero-order valence-electron chi connectivity index (χ0n) is 12.9. The van der Waals surface area contributed by atoms with Gasteiger partial charge in [-0.15, -0.1) is 0 Å². The van der Waals surface area contributed by atoms with Crippen molar-refractivity contribution in [3.8, 4) is 0 Å². The van der Waals surface area contributed by atoms with Crippen LogP contribution in [0.4, 0.5) is 4.39 Å². The van der Waals surface area contributed by atoms with E-state index in [9.17, 15) is 14.0 Å². The van der Waals surface area contributed by atoms with Gasteiger partial charge >= 0.3 is 0 Å². The zero-order chi connectivity index (χ0) is 17.7. The molecule has 126 valence electrons. The van der Waals surface area contributed by atoms with E-state index < -0.39 is 11.7 Å². The summed E-state index contributed by atoms with van der Waals surface area (Å²) in [5.41, 5.74) is 0.513. The highest BCUT2D eigenvalue weighted by Crippen LogP contribution is 2.20. The molecule has 2 aromatic carbocycles. The fourth-order valence-corrected chi connectivity index (χ4v) is 2.48. The molecule has 0 heterocycles. The second-order valence-corrected chi connectivity index (χ2v) is 5.93. The molecule has 0 bridgehead atoms. The normalized spacial score (nSPS) is 10.3. The average molecular weight is 369 g/mol. The van der Waals surface area contributed by atoms with Gasteiger partial charge < -0.3 is 10.2 Å². The number of nitrogens with one attached hydrogen (secondary N) is 1. The summed E-state index contributed by atoms with van der Waals surface area (Å²) in [6, 6.07) is 10.9. The van der Waals surface area contributed by atoms with E-state index >= 15 is 0 Å². The maximum absolute atomic E-state index is 13.7. The third-order valence-electron chi connectivity index (χ3n) is 3.40. The fourth-order valence-electron chi connectivity index (χ4n) is 2.04. The molecular weight excluding hydrogens is 354 g/mol. The molecule has 0 fully saturated rings. The molecule has 7 heteroatoms. The van der Waals surface area contributed by atoms with Gasteiger partial charge in [0.05, 0.1) is 17.1 Å². The van der Waals surface area contributed by atoms with E-state index in [1.165, 1.54) is 24.1 Å². The van der Waals surface area contributed by atoms with Crippen LogP contribution in [0.2, 0.25) is 10.0 Å². The first-order valence-electron chi connectivity index (χ1n) is 7.09. The quantitative estimate of drug-likeness (QED) is 0.877. The van der Waals surface area contributed by atoms with Gasteiger partial charge in [-0.05, 0) is 24.3 Å². The molecule has 0 saturated heterocycles. The third-order valence-corrected chi connectivity index (χ3v) is 4.09. The first-order valence-corrected chi connectivity index (χ1v) is 7.85. The Hall–Kier alpha value is -2.11. The fraction of sp³-hybridized carbons (Fsp3) is 0.176. The summed E-state index contributed by atoms with van der Waals surface area (Å²) >= 11 is 11.9. The second kappa shape index (κ2) is 8.13. The SMILES string of the molecule is CN(Cc1c(F)cccc1Cl)C(=O)CNC(=O)c1ccccc1Cl. The van der Waals surface area contributed by atoms with Crippen molar-refractivity contribution in [3.05, 3.63) is 69.5 Å². The molecular formula is C17H15Cl2FN2O2. The molecule has 0 atom stereocenters. The molecule has 0 aliphatic rings. The number of hydrogen-bond donors (Lipinski definition) is 1. The molecule has 24 heavy (non-hydrogen) atoms. The molecule has 0 aromatic heterocycles. The molecule has 2 rings (SSSR count). The van der Waals surface area contributed by atoms with Crippen LogP contribution in [0.5, 0.6) is 0 Å². The van der Waals surface area contributed by atoms with Gasteiger partial charge in [-0.3, -0.25) is 9.59 Å². The molecule has 0 aliphatic carbocycles. The van der Waals surface area contributed by atoms with E-state index in [0.29, 0.717) is 5.02 Å².